The number of ether oxygens (including phenoxy) is 4. The van der Waals surface area contributed by atoms with Gasteiger partial charge in [0.2, 0.25) is 11.6 Å². The number of aromatic nitrogens is 3. The van der Waals surface area contributed by atoms with Crippen LogP contribution in [0.25, 0.3) is 16.6 Å². The molecule has 1 aliphatic rings. The van der Waals surface area contributed by atoms with Crippen LogP contribution in [-0.2, 0) is 14.3 Å². The Morgan fingerprint density at radius 3 is 2.55 bits per heavy atom. The predicted molar refractivity (Wildman–Crippen MR) is 144 cm³/mol. The van der Waals surface area contributed by atoms with E-state index in [0.29, 0.717) is 47.1 Å². The number of carbonyl (C=O) groups is 2. The number of nitrogens with one attached hydrogen (secondary N) is 1. The van der Waals surface area contributed by atoms with Crippen molar-refractivity contribution in [3.05, 3.63) is 90.5 Å². The third-order valence-electron chi connectivity index (χ3n) is 5.99. The Balaban J connectivity index is 1.39. The lowest BCUT2D eigenvalue weighted by Gasteiger charge is -2.18. The number of methoxy groups -OCH3 is 2. The van der Waals surface area contributed by atoms with Crippen LogP contribution in [0.3, 0.4) is 0 Å². The number of fused-ring (bicyclic) bond motifs is 1. The quantitative estimate of drug-likeness (QED) is 0.235. The van der Waals surface area contributed by atoms with Gasteiger partial charge in [-0.3, -0.25) is 14.6 Å². The maximum Gasteiger partial charge on any atom is 0.223 e. The van der Waals surface area contributed by atoms with Crippen LogP contribution in [0, 0.1) is 11.3 Å². The van der Waals surface area contributed by atoms with Crippen LogP contribution in [0.15, 0.2) is 84.9 Å². The van der Waals surface area contributed by atoms with Crippen molar-refractivity contribution in [2.75, 3.05) is 32.8 Å². The zero-order valence-electron chi connectivity index (χ0n) is 21.6. The molecule has 0 aliphatic heterocycles. The summed E-state index contributed by atoms with van der Waals surface area (Å²) in [6.07, 6.45) is 8.77. The van der Waals surface area contributed by atoms with Gasteiger partial charge in [-0.05, 0) is 30.3 Å². The second-order valence-corrected chi connectivity index (χ2v) is 8.51. The highest BCUT2D eigenvalue weighted by Crippen LogP contribution is 2.37. The fraction of sp³-hybridized carbons (Fsp3) is 0.138. The van der Waals surface area contributed by atoms with Gasteiger partial charge in [0.05, 0.1) is 42.5 Å². The van der Waals surface area contributed by atoms with E-state index >= 15 is 0 Å². The first-order chi connectivity index (χ1) is 19.5. The smallest absolute Gasteiger partial charge is 0.223 e. The Morgan fingerprint density at radius 2 is 1.85 bits per heavy atom. The molecule has 2 heterocycles. The molecule has 11 heteroatoms. The summed E-state index contributed by atoms with van der Waals surface area (Å²) in [5, 5.41) is 13.2. The van der Waals surface area contributed by atoms with Crippen LogP contribution in [0.1, 0.15) is 5.56 Å². The van der Waals surface area contributed by atoms with Gasteiger partial charge in [0.15, 0.2) is 17.3 Å². The fourth-order valence-electron chi connectivity index (χ4n) is 4.01. The Hall–Kier alpha value is -5.47. The highest BCUT2D eigenvalue weighted by Gasteiger charge is 2.24. The third kappa shape index (κ3) is 5.38. The molecule has 11 nitrogen and oxygen atoms in total. The molecule has 4 aromatic rings. The standard InChI is InChI=1S/C29H23N5O6/c1-37-9-10-39-28-13-22-21(11-27(28)38-2)29(18(15-30)16-32-22)33-23-12-25(36)26(14-24(23)35)40-20-5-3-19(4-6-20)34-8-7-31-17-34/h3-8,11-14,16-17H,9-10H2,1-2H3,(H,32,33). The lowest BCUT2D eigenvalue weighted by atomic mass is 10.0. The zero-order valence-corrected chi connectivity index (χ0v) is 21.6. The molecule has 1 N–H and O–H groups in total. The molecule has 200 valence electrons. The maximum absolute atomic E-state index is 13.0. The molecule has 0 unspecified atom stereocenters. The number of hydrogen-bond donors (Lipinski definition) is 1. The summed E-state index contributed by atoms with van der Waals surface area (Å²) in [5.74, 6) is 0.113. The van der Waals surface area contributed by atoms with Crippen molar-refractivity contribution in [3.63, 3.8) is 0 Å². The van der Waals surface area contributed by atoms with E-state index in [2.05, 4.69) is 21.4 Å². The molecule has 40 heavy (non-hydrogen) atoms. The van der Waals surface area contributed by atoms with Crippen molar-refractivity contribution in [3.8, 4) is 29.0 Å². The van der Waals surface area contributed by atoms with Gasteiger partial charge in [0.1, 0.15) is 18.4 Å². The van der Waals surface area contributed by atoms with Gasteiger partial charge in [-0.2, -0.15) is 5.26 Å². The second kappa shape index (κ2) is 11.5. The molecule has 0 bridgehead atoms. The van der Waals surface area contributed by atoms with E-state index in [1.165, 1.54) is 13.3 Å². The normalized spacial score (nSPS) is 12.9. The highest BCUT2D eigenvalue weighted by molar-refractivity contribution is 6.20. The Kier molecular flexibility index (Phi) is 7.52. The van der Waals surface area contributed by atoms with Crippen molar-refractivity contribution in [2.24, 2.45) is 0 Å². The molecule has 0 atom stereocenters. The summed E-state index contributed by atoms with van der Waals surface area (Å²) in [5.41, 5.74) is 1.81. The van der Waals surface area contributed by atoms with Gasteiger partial charge in [-0.1, -0.05) is 0 Å². The third-order valence-corrected chi connectivity index (χ3v) is 5.99. The van der Waals surface area contributed by atoms with Crippen molar-refractivity contribution in [1.82, 2.24) is 14.5 Å². The first-order valence-electron chi connectivity index (χ1n) is 12.1. The van der Waals surface area contributed by atoms with Crippen LogP contribution < -0.4 is 19.5 Å². The minimum Gasteiger partial charge on any atom is -0.493 e. The van der Waals surface area contributed by atoms with E-state index in [4.69, 9.17) is 18.9 Å². The zero-order chi connectivity index (χ0) is 28.1. The number of ketones is 2. The van der Waals surface area contributed by atoms with E-state index in [9.17, 15) is 14.9 Å². The molecule has 0 radical (unpaired) electrons. The lowest BCUT2D eigenvalue weighted by molar-refractivity contribution is -0.116. The SMILES string of the molecule is COCCOc1cc2ncc(C#N)c(NC3=CC(=O)C(Oc4ccc(-n5ccnc5)cc4)=CC3=O)c2cc1OC. The predicted octanol–water partition coefficient (Wildman–Crippen LogP) is 3.74. The summed E-state index contributed by atoms with van der Waals surface area (Å²) in [6.45, 7) is 0.684. The molecular formula is C29H23N5O6. The largest absolute Gasteiger partial charge is 0.493 e. The number of nitrogens with zero attached hydrogens (tertiary/aromatic N) is 4. The number of rotatable bonds is 10. The summed E-state index contributed by atoms with van der Waals surface area (Å²) in [4.78, 5) is 34.3. The molecule has 5 rings (SSSR count). The number of pyridine rings is 1. The second-order valence-electron chi connectivity index (χ2n) is 8.51. The van der Waals surface area contributed by atoms with Gasteiger partial charge < -0.3 is 28.8 Å². The number of hydrogen-bond acceptors (Lipinski definition) is 10. The summed E-state index contributed by atoms with van der Waals surface area (Å²) < 4.78 is 23.7. The van der Waals surface area contributed by atoms with Gasteiger partial charge in [0.25, 0.3) is 0 Å². The average molecular weight is 538 g/mol. The number of benzene rings is 2. The first-order valence-corrected chi connectivity index (χ1v) is 12.1. The van der Waals surface area contributed by atoms with Gasteiger partial charge in [0, 0.05) is 55.0 Å². The van der Waals surface area contributed by atoms with Gasteiger partial charge in [-0.15, -0.1) is 0 Å². The molecule has 0 amide bonds. The molecule has 0 saturated carbocycles. The van der Waals surface area contributed by atoms with Crippen molar-refractivity contribution < 1.29 is 28.5 Å². The number of allylic oxidation sites excluding steroid dienone is 2. The molecule has 1 aliphatic carbocycles. The number of carbonyl (C=O) groups excluding carboxylic acids is 2. The highest BCUT2D eigenvalue weighted by atomic mass is 16.5. The van der Waals surface area contributed by atoms with Crippen LogP contribution in [0.4, 0.5) is 5.69 Å². The van der Waals surface area contributed by atoms with E-state index in [1.807, 2.05) is 4.57 Å². The maximum atomic E-state index is 13.0. The van der Waals surface area contributed by atoms with Crippen LogP contribution in [0.2, 0.25) is 0 Å². The summed E-state index contributed by atoms with van der Waals surface area (Å²) in [6, 6.07) is 12.4. The molecule has 0 saturated heterocycles. The van der Waals surface area contributed by atoms with E-state index in [0.717, 1.165) is 17.8 Å². The fourth-order valence-corrected chi connectivity index (χ4v) is 4.01. The van der Waals surface area contributed by atoms with Crippen molar-refractivity contribution in [1.29, 1.82) is 5.26 Å². The van der Waals surface area contributed by atoms with Gasteiger partial charge >= 0.3 is 0 Å². The molecule has 0 spiro atoms. The van der Waals surface area contributed by atoms with E-state index in [1.54, 1.807) is 62.2 Å². The Bertz CT molecular complexity index is 1680. The number of nitriles is 1. The molecule has 2 aromatic heterocycles. The summed E-state index contributed by atoms with van der Waals surface area (Å²) in [7, 11) is 3.06. The first kappa shape index (κ1) is 26.1. The molecule has 2 aromatic carbocycles. The Morgan fingerprint density at radius 1 is 1.02 bits per heavy atom. The van der Waals surface area contributed by atoms with E-state index in [-0.39, 0.29) is 17.0 Å². The average Bonchev–Trinajstić information content (AvgIpc) is 3.51. The molecule has 0 fully saturated rings. The van der Waals surface area contributed by atoms with Gasteiger partial charge in [-0.25, -0.2) is 4.98 Å². The van der Waals surface area contributed by atoms with Crippen molar-refractivity contribution >= 4 is 28.2 Å². The minimum atomic E-state index is -0.510. The lowest BCUT2D eigenvalue weighted by Crippen LogP contribution is -2.21. The Labute approximate surface area is 228 Å². The minimum absolute atomic E-state index is 0.0174. The molecular weight excluding hydrogens is 514 g/mol. The number of anilines is 1. The van der Waals surface area contributed by atoms with Crippen LogP contribution in [-0.4, -0.2) is 53.5 Å². The van der Waals surface area contributed by atoms with E-state index < -0.39 is 11.6 Å². The topological polar surface area (TPSA) is 138 Å². The number of imidazole rings is 1. The monoisotopic (exact) mass is 537 g/mol. The van der Waals surface area contributed by atoms with Crippen LogP contribution in [0.5, 0.6) is 17.2 Å². The van der Waals surface area contributed by atoms with Crippen LogP contribution >= 0.6 is 0 Å². The summed E-state index contributed by atoms with van der Waals surface area (Å²) >= 11 is 0. The van der Waals surface area contributed by atoms with Crippen molar-refractivity contribution in [2.45, 2.75) is 0 Å².